The van der Waals surface area contributed by atoms with Crippen molar-refractivity contribution in [1.82, 2.24) is 19.8 Å². The van der Waals surface area contributed by atoms with Gasteiger partial charge in [-0.25, -0.2) is 4.98 Å². The Kier molecular flexibility index (Phi) is 5.39. The lowest BCUT2D eigenvalue weighted by Gasteiger charge is -2.44. The quantitative estimate of drug-likeness (QED) is 0.578. The van der Waals surface area contributed by atoms with Crippen molar-refractivity contribution in [3.05, 3.63) is 53.9 Å². The number of fused-ring (bicyclic) bond motifs is 4. The van der Waals surface area contributed by atoms with Crippen molar-refractivity contribution >= 4 is 22.8 Å². The first-order valence-corrected chi connectivity index (χ1v) is 12.5. The molecule has 0 bridgehead atoms. The Morgan fingerprint density at radius 1 is 1.09 bits per heavy atom. The molecule has 0 spiro atoms. The van der Waals surface area contributed by atoms with Crippen LogP contribution in [-0.4, -0.2) is 44.6 Å². The van der Waals surface area contributed by atoms with E-state index in [0.717, 1.165) is 42.3 Å². The molecule has 0 saturated heterocycles. The van der Waals surface area contributed by atoms with Crippen LogP contribution in [0.3, 0.4) is 0 Å². The Morgan fingerprint density at radius 2 is 1.86 bits per heavy atom. The van der Waals surface area contributed by atoms with E-state index in [1.165, 1.54) is 12.8 Å². The van der Waals surface area contributed by atoms with Crippen molar-refractivity contribution in [2.24, 2.45) is 0 Å². The van der Waals surface area contributed by atoms with Gasteiger partial charge in [-0.15, -0.1) is 0 Å². The molecule has 2 aliphatic heterocycles. The Morgan fingerprint density at radius 3 is 2.69 bits per heavy atom. The van der Waals surface area contributed by atoms with Gasteiger partial charge in [-0.2, -0.15) is 0 Å². The zero-order chi connectivity index (χ0) is 24.0. The fourth-order valence-electron chi connectivity index (χ4n) is 5.56. The van der Waals surface area contributed by atoms with E-state index in [1.54, 1.807) is 4.90 Å². The summed E-state index contributed by atoms with van der Waals surface area (Å²) in [5.74, 6) is 1.36. The van der Waals surface area contributed by atoms with Gasteiger partial charge in [0.1, 0.15) is 5.54 Å². The Labute approximate surface area is 204 Å². The maximum absolute atomic E-state index is 13.9. The average molecular weight is 475 g/mol. The van der Waals surface area contributed by atoms with Crippen LogP contribution >= 0.6 is 0 Å². The first kappa shape index (κ1) is 21.9. The molecule has 0 radical (unpaired) electrons. The van der Waals surface area contributed by atoms with Gasteiger partial charge in [0.25, 0.3) is 5.91 Å². The van der Waals surface area contributed by atoms with Gasteiger partial charge >= 0.3 is 0 Å². The zero-order valence-corrected chi connectivity index (χ0v) is 20.0. The molecule has 3 aliphatic rings. The summed E-state index contributed by atoms with van der Waals surface area (Å²) in [6.07, 6.45) is 6.63. The predicted molar refractivity (Wildman–Crippen MR) is 130 cm³/mol. The number of amides is 2. The van der Waals surface area contributed by atoms with Crippen LogP contribution in [0.4, 0.5) is 0 Å². The van der Waals surface area contributed by atoms with Gasteiger partial charge in [0, 0.05) is 12.6 Å². The molecule has 1 atom stereocenters. The minimum Gasteiger partial charge on any atom is -0.454 e. The van der Waals surface area contributed by atoms with Gasteiger partial charge in [0.15, 0.2) is 17.3 Å². The number of rotatable bonds is 4. The number of carbonyl (C=O) groups is 2. The summed E-state index contributed by atoms with van der Waals surface area (Å²) in [6, 6.07) is 13.5. The first-order chi connectivity index (χ1) is 17.0. The fourth-order valence-corrected chi connectivity index (χ4v) is 5.56. The van der Waals surface area contributed by atoms with Crippen molar-refractivity contribution in [3.63, 3.8) is 0 Å². The number of hydrogen-bond donors (Lipinski definition) is 1. The molecular weight excluding hydrogens is 444 g/mol. The maximum Gasteiger partial charge on any atom is 0.291 e. The highest BCUT2D eigenvalue weighted by molar-refractivity contribution is 6.01. The molecule has 1 aromatic heterocycles. The SMILES string of the molecule is C[C@@]1(C(=O)NC2CCCCCC2)Cn2c(nc3ccccc32)C(=O)N1Cc1ccc2c(c1)OCO2. The highest BCUT2D eigenvalue weighted by Crippen LogP contribution is 2.36. The summed E-state index contributed by atoms with van der Waals surface area (Å²) >= 11 is 0. The van der Waals surface area contributed by atoms with E-state index in [2.05, 4.69) is 10.3 Å². The van der Waals surface area contributed by atoms with E-state index >= 15 is 0 Å². The summed E-state index contributed by atoms with van der Waals surface area (Å²) in [6.45, 7) is 2.68. The summed E-state index contributed by atoms with van der Waals surface area (Å²) in [5, 5.41) is 3.31. The van der Waals surface area contributed by atoms with Gasteiger partial charge in [-0.1, -0.05) is 43.9 Å². The van der Waals surface area contributed by atoms with Crippen LogP contribution in [0, 0.1) is 0 Å². The first-order valence-electron chi connectivity index (χ1n) is 12.5. The number of aromatic nitrogens is 2. The smallest absolute Gasteiger partial charge is 0.291 e. The van der Waals surface area contributed by atoms with Crippen LogP contribution in [0.1, 0.15) is 61.6 Å². The van der Waals surface area contributed by atoms with Crippen LogP contribution < -0.4 is 14.8 Å². The molecule has 3 heterocycles. The average Bonchev–Trinajstić information content (AvgIpc) is 3.38. The topological polar surface area (TPSA) is 85.7 Å². The number of nitrogens with one attached hydrogen (secondary N) is 1. The molecule has 2 amide bonds. The van der Waals surface area contributed by atoms with E-state index in [9.17, 15) is 9.59 Å². The standard InChI is InChI=1S/C27H30N4O4/c1-27(26(33)28-19-8-4-2-3-5-9-19)16-30-21-11-7-6-10-20(21)29-24(30)25(32)31(27)15-18-12-13-22-23(14-18)35-17-34-22/h6-7,10-14,19H,2-5,8-9,15-17H2,1H3,(H,28,33)/t27-/m0/s1. The number of ether oxygens (including phenoxy) is 2. The molecule has 1 aliphatic carbocycles. The molecule has 2 aromatic carbocycles. The molecule has 182 valence electrons. The van der Waals surface area contributed by atoms with Crippen LogP contribution in [0.25, 0.3) is 11.0 Å². The van der Waals surface area contributed by atoms with Crippen LogP contribution in [-0.2, 0) is 17.9 Å². The summed E-state index contributed by atoms with van der Waals surface area (Å²) < 4.78 is 12.9. The third-order valence-corrected chi connectivity index (χ3v) is 7.61. The molecule has 3 aromatic rings. The third-order valence-electron chi connectivity index (χ3n) is 7.61. The lowest BCUT2D eigenvalue weighted by Crippen LogP contribution is -2.64. The minimum absolute atomic E-state index is 0.109. The van der Waals surface area contributed by atoms with Crippen molar-refractivity contribution in [2.75, 3.05) is 6.79 Å². The van der Waals surface area contributed by atoms with Crippen LogP contribution in [0.2, 0.25) is 0 Å². The molecule has 6 rings (SSSR count). The molecular formula is C27H30N4O4. The van der Waals surface area contributed by atoms with Gasteiger partial charge in [-0.05, 0) is 49.6 Å². The second-order valence-corrected chi connectivity index (χ2v) is 10.0. The largest absolute Gasteiger partial charge is 0.454 e. The zero-order valence-electron chi connectivity index (χ0n) is 20.0. The number of benzene rings is 2. The molecule has 1 N–H and O–H groups in total. The second-order valence-electron chi connectivity index (χ2n) is 10.0. The van der Waals surface area contributed by atoms with E-state index in [0.29, 0.717) is 23.9 Å². The van der Waals surface area contributed by atoms with E-state index in [-0.39, 0.29) is 31.2 Å². The molecule has 1 fully saturated rings. The molecule has 0 unspecified atom stereocenters. The number of para-hydroxylation sites is 2. The molecule has 35 heavy (non-hydrogen) atoms. The van der Waals surface area contributed by atoms with Crippen molar-refractivity contribution in [3.8, 4) is 11.5 Å². The highest BCUT2D eigenvalue weighted by atomic mass is 16.7. The van der Waals surface area contributed by atoms with Crippen molar-refractivity contribution in [1.29, 1.82) is 0 Å². The predicted octanol–water partition coefficient (Wildman–Crippen LogP) is 4.02. The Hall–Kier alpha value is -3.55. The fraction of sp³-hybridized carbons (Fsp3) is 0.444. The van der Waals surface area contributed by atoms with Crippen LogP contribution in [0.5, 0.6) is 11.5 Å². The Bertz CT molecular complexity index is 1290. The van der Waals surface area contributed by atoms with E-state index < -0.39 is 5.54 Å². The van der Waals surface area contributed by atoms with Crippen LogP contribution in [0.15, 0.2) is 42.5 Å². The lowest BCUT2D eigenvalue weighted by molar-refractivity contribution is -0.134. The summed E-state index contributed by atoms with van der Waals surface area (Å²) in [4.78, 5) is 34.1. The monoisotopic (exact) mass is 474 g/mol. The molecule has 8 heteroatoms. The van der Waals surface area contributed by atoms with Gasteiger partial charge in [0.05, 0.1) is 17.6 Å². The van der Waals surface area contributed by atoms with Gasteiger partial charge in [-0.3, -0.25) is 9.59 Å². The van der Waals surface area contributed by atoms with Crippen molar-refractivity contribution < 1.29 is 19.1 Å². The van der Waals surface area contributed by atoms with E-state index in [4.69, 9.17) is 9.47 Å². The maximum atomic E-state index is 13.9. The lowest BCUT2D eigenvalue weighted by atomic mass is 9.93. The Balaban J connectivity index is 1.38. The normalized spacial score (nSPS) is 22.2. The number of imidazole rings is 1. The van der Waals surface area contributed by atoms with Gasteiger partial charge < -0.3 is 24.3 Å². The molecule has 1 saturated carbocycles. The van der Waals surface area contributed by atoms with E-state index in [1.807, 2.05) is 54.0 Å². The van der Waals surface area contributed by atoms with Gasteiger partial charge in [0.2, 0.25) is 12.7 Å². The second kappa shape index (κ2) is 8.59. The summed E-state index contributed by atoms with van der Waals surface area (Å²) in [5.41, 5.74) is 1.43. The third kappa shape index (κ3) is 3.81. The number of carbonyl (C=O) groups excluding carboxylic acids is 2. The number of nitrogens with zero attached hydrogens (tertiary/aromatic N) is 3. The summed E-state index contributed by atoms with van der Waals surface area (Å²) in [7, 11) is 0. The number of hydrogen-bond acceptors (Lipinski definition) is 5. The molecule has 8 nitrogen and oxygen atoms in total. The van der Waals surface area contributed by atoms with Crippen molar-refractivity contribution in [2.45, 2.75) is 70.1 Å². The highest BCUT2D eigenvalue weighted by Gasteiger charge is 2.48. The minimum atomic E-state index is -1.07.